The first-order valence-electron chi connectivity index (χ1n) is 8.31. The molecule has 2 heterocycles. The number of rotatable bonds is 3. The lowest BCUT2D eigenvalue weighted by atomic mass is 9.94. The van der Waals surface area contributed by atoms with Gasteiger partial charge in [-0.3, -0.25) is 4.57 Å². The lowest BCUT2D eigenvalue weighted by Gasteiger charge is -2.32. The smallest absolute Gasteiger partial charge is 0.237 e. The van der Waals surface area contributed by atoms with Crippen LogP contribution in [0.3, 0.4) is 0 Å². The second-order valence-electron chi connectivity index (χ2n) is 6.24. The van der Waals surface area contributed by atoms with Crippen molar-refractivity contribution in [2.45, 2.75) is 38.1 Å². The van der Waals surface area contributed by atoms with Gasteiger partial charge in [-0.25, -0.2) is 9.97 Å². The maximum Gasteiger partial charge on any atom is 0.237 e. The molecule has 0 N–H and O–H groups in total. The summed E-state index contributed by atoms with van der Waals surface area (Å²) in [6, 6.07) is 8.81. The van der Waals surface area contributed by atoms with Crippen molar-refractivity contribution in [3.05, 3.63) is 43.0 Å². The summed E-state index contributed by atoms with van der Waals surface area (Å²) in [6.45, 7) is 0. The van der Waals surface area contributed by atoms with Crippen LogP contribution in [0.15, 0.2) is 43.0 Å². The van der Waals surface area contributed by atoms with Crippen LogP contribution in [-0.4, -0.2) is 32.6 Å². The molecule has 25 heavy (non-hydrogen) atoms. The highest BCUT2D eigenvalue weighted by Crippen LogP contribution is 2.30. The fourth-order valence-corrected chi connectivity index (χ4v) is 3.45. The molecule has 0 amide bonds. The molecule has 0 saturated heterocycles. The van der Waals surface area contributed by atoms with E-state index in [1.165, 1.54) is 32.1 Å². The minimum absolute atomic E-state index is 0. The van der Waals surface area contributed by atoms with Gasteiger partial charge in [0.1, 0.15) is 12.1 Å². The predicted molar refractivity (Wildman–Crippen MR) is 106 cm³/mol. The van der Waals surface area contributed by atoms with Crippen LogP contribution in [0, 0.1) is 0 Å². The molecule has 0 unspecified atom stereocenters. The van der Waals surface area contributed by atoms with Crippen molar-refractivity contribution in [2.24, 2.45) is 0 Å². The van der Waals surface area contributed by atoms with Crippen LogP contribution in [0.5, 0.6) is 0 Å². The second kappa shape index (κ2) is 8.50. The molecule has 0 atom stereocenters. The standard InChI is InChI=1S/C18H21N5.2ClH/c1-22(14-7-3-2-4-8-14)17-15-9-5-6-10-16(15)20-18(21-17)23-12-11-19-13-23;;/h5-6,9-14H,2-4,7-8H2,1H3;2*1H. The highest BCUT2D eigenvalue weighted by Gasteiger charge is 2.21. The van der Waals surface area contributed by atoms with Crippen molar-refractivity contribution in [2.75, 3.05) is 11.9 Å². The van der Waals surface area contributed by atoms with Crippen molar-refractivity contribution in [3.63, 3.8) is 0 Å². The molecule has 0 spiro atoms. The zero-order valence-corrected chi connectivity index (χ0v) is 15.8. The molecule has 4 rings (SSSR count). The number of aromatic nitrogens is 4. The van der Waals surface area contributed by atoms with Gasteiger partial charge in [0.05, 0.1) is 5.52 Å². The summed E-state index contributed by atoms with van der Waals surface area (Å²) in [5.74, 6) is 1.70. The molecule has 2 aromatic heterocycles. The van der Waals surface area contributed by atoms with E-state index in [2.05, 4.69) is 35.1 Å². The lowest BCUT2D eigenvalue weighted by Crippen LogP contribution is -2.34. The number of imidazole rings is 1. The maximum atomic E-state index is 4.86. The molecule has 134 valence electrons. The Bertz CT molecular complexity index is 800. The summed E-state index contributed by atoms with van der Waals surface area (Å²) < 4.78 is 1.87. The zero-order valence-electron chi connectivity index (χ0n) is 14.2. The van der Waals surface area contributed by atoms with Gasteiger partial charge in [0, 0.05) is 30.9 Å². The van der Waals surface area contributed by atoms with E-state index in [0.717, 1.165) is 16.7 Å². The third kappa shape index (κ3) is 3.88. The summed E-state index contributed by atoms with van der Waals surface area (Å²) in [5.41, 5.74) is 0.976. The molecular formula is C18H23Cl2N5. The van der Waals surface area contributed by atoms with Gasteiger partial charge in [-0.05, 0) is 25.0 Å². The van der Waals surface area contributed by atoms with Crippen LogP contribution in [0.2, 0.25) is 0 Å². The summed E-state index contributed by atoms with van der Waals surface area (Å²) in [5, 5.41) is 1.12. The van der Waals surface area contributed by atoms with Crippen molar-refractivity contribution in [1.29, 1.82) is 0 Å². The van der Waals surface area contributed by atoms with Crippen molar-refractivity contribution in [1.82, 2.24) is 19.5 Å². The average molecular weight is 380 g/mol. The first kappa shape index (κ1) is 19.5. The van der Waals surface area contributed by atoms with Crippen LogP contribution in [0.4, 0.5) is 5.82 Å². The number of para-hydroxylation sites is 1. The van der Waals surface area contributed by atoms with Crippen LogP contribution >= 0.6 is 24.8 Å². The fourth-order valence-electron chi connectivity index (χ4n) is 3.45. The first-order valence-corrected chi connectivity index (χ1v) is 8.31. The van der Waals surface area contributed by atoms with Crippen LogP contribution < -0.4 is 4.90 Å². The summed E-state index contributed by atoms with van der Waals surface area (Å²) in [4.78, 5) is 16.0. The van der Waals surface area contributed by atoms with Gasteiger partial charge in [0.2, 0.25) is 5.95 Å². The monoisotopic (exact) mass is 379 g/mol. The van der Waals surface area contributed by atoms with Crippen LogP contribution in [-0.2, 0) is 0 Å². The van der Waals surface area contributed by atoms with Gasteiger partial charge in [0.25, 0.3) is 0 Å². The second-order valence-corrected chi connectivity index (χ2v) is 6.24. The van der Waals surface area contributed by atoms with E-state index in [1.807, 2.05) is 16.8 Å². The molecule has 1 aliphatic carbocycles. The van der Waals surface area contributed by atoms with Crippen LogP contribution in [0.1, 0.15) is 32.1 Å². The van der Waals surface area contributed by atoms with E-state index < -0.39 is 0 Å². The third-order valence-corrected chi connectivity index (χ3v) is 4.76. The number of nitrogens with zero attached hydrogens (tertiary/aromatic N) is 5. The molecule has 3 aromatic rings. The van der Waals surface area contributed by atoms with Gasteiger partial charge in [-0.15, -0.1) is 24.8 Å². The minimum Gasteiger partial charge on any atom is -0.356 e. The Morgan fingerprint density at radius 1 is 1.04 bits per heavy atom. The molecule has 0 bridgehead atoms. The van der Waals surface area contributed by atoms with E-state index in [1.54, 1.807) is 12.5 Å². The van der Waals surface area contributed by atoms with E-state index in [0.29, 0.717) is 12.0 Å². The Kier molecular flexibility index (Phi) is 6.62. The van der Waals surface area contributed by atoms with Gasteiger partial charge in [-0.1, -0.05) is 31.4 Å². The number of halogens is 2. The SMILES string of the molecule is CN(c1nc(-n2ccnc2)nc2ccccc12)C1CCCCC1.Cl.Cl. The molecule has 1 aromatic carbocycles. The molecular weight excluding hydrogens is 357 g/mol. The lowest BCUT2D eigenvalue weighted by molar-refractivity contribution is 0.426. The van der Waals surface area contributed by atoms with Gasteiger partial charge in [-0.2, -0.15) is 4.98 Å². The number of hydrogen-bond acceptors (Lipinski definition) is 4. The average Bonchev–Trinajstić information content (AvgIpc) is 3.15. The Balaban J connectivity index is 0.00000113. The number of benzene rings is 1. The summed E-state index contributed by atoms with van der Waals surface area (Å²) in [7, 11) is 2.17. The van der Waals surface area contributed by atoms with Crippen molar-refractivity contribution >= 4 is 41.5 Å². The summed E-state index contributed by atoms with van der Waals surface area (Å²) >= 11 is 0. The molecule has 0 aliphatic heterocycles. The largest absolute Gasteiger partial charge is 0.356 e. The van der Waals surface area contributed by atoms with E-state index in [4.69, 9.17) is 9.97 Å². The highest BCUT2D eigenvalue weighted by atomic mass is 35.5. The molecule has 1 saturated carbocycles. The van der Waals surface area contributed by atoms with Gasteiger partial charge in [0.15, 0.2) is 0 Å². The fraction of sp³-hybridized carbons (Fsp3) is 0.389. The highest BCUT2D eigenvalue weighted by molar-refractivity contribution is 5.90. The minimum atomic E-state index is 0. The van der Waals surface area contributed by atoms with E-state index in [-0.39, 0.29) is 24.8 Å². The molecule has 1 aliphatic rings. The van der Waals surface area contributed by atoms with Crippen molar-refractivity contribution in [3.8, 4) is 5.95 Å². The molecule has 1 fully saturated rings. The third-order valence-electron chi connectivity index (χ3n) is 4.76. The number of fused-ring (bicyclic) bond motifs is 1. The summed E-state index contributed by atoms with van der Waals surface area (Å²) in [6.07, 6.45) is 11.9. The van der Waals surface area contributed by atoms with Gasteiger partial charge >= 0.3 is 0 Å². The van der Waals surface area contributed by atoms with E-state index >= 15 is 0 Å². The molecule has 0 radical (unpaired) electrons. The topological polar surface area (TPSA) is 46.8 Å². The van der Waals surface area contributed by atoms with E-state index in [9.17, 15) is 0 Å². The zero-order chi connectivity index (χ0) is 15.6. The van der Waals surface area contributed by atoms with Crippen LogP contribution in [0.25, 0.3) is 16.9 Å². The first-order chi connectivity index (χ1) is 11.3. The predicted octanol–water partition coefficient (Wildman–Crippen LogP) is 4.43. The Hall–Kier alpha value is -1.85. The number of hydrogen-bond donors (Lipinski definition) is 0. The normalized spacial score (nSPS) is 14.6. The molecule has 7 heteroatoms. The number of anilines is 1. The Labute approximate surface area is 160 Å². The maximum absolute atomic E-state index is 4.86. The Morgan fingerprint density at radius 3 is 2.52 bits per heavy atom. The van der Waals surface area contributed by atoms with Gasteiger partial charge < -0.3 is 4.90 Å². The van der Waals surface area contributed by atoms with Crippen molar-refractivity contribution < 1.29 is 0 Å². The quantitative estimate of drug-likeness (QED) is 0.675. The Morgan fingerprint density at radius 2 is 1.80 bits per heavy atom. The molecule has 5 nitrogen and oxygen atoms in total.